The van der Waals surface area contributed by atoms with Gasteiger partial charge in [-0.05, 0) is 0 Å². The monoisotopic (exact) mass is 1460 g/mol. The molecule has 428 valence electrons. The average Bonchev–Trinajstić information content (AvgIpc) is 3.77. The Labute approximate surface area is 528 Å². The van der Waals surface area contributed by atoms with E-state index < -0.39 is 0 Å². The first-order chi connectivity index (χ1) is 41.7. The van der Waals surface area contributed by atoms with E-state index in [-0.39, 0.29) is 42.1 Å². The van der Waals surface area contributed by atoms with Crippen LogP contribution in [0.2, 0.25) is 0 Å². The second kappa shape index (κ2) is 36.0. The summed E-state index contributed by atoms with van der Waals surface area (Å²) >= 11 is 0. The normalized spacial score (nSPS) is 10.9. The van der Waals surface area contributed by atoms with Crippen LogP contribution in [0, 0.1) is 0 Å². The molecule has 0 unspecified atom stereocenters. The Morgan fingerprint density at radius 1 is 0.186 bits per heavy atom. The van der Waals surface area contributed by atoms with Crippen LogP contribution in [0.1, 0.15) is 0 Å². The van der Waals surface area contributed by atoms with Crippen molar-refractivity contribution in [3.05, 3.63) is 381 Å². The number of nitrogens with zero attached hydrogens (tertiary/aromatic N) is 16. The summed E-state index contributed by atoms with van der Waals surface area (Å²) in [6.45, 7) is 0. The van der Waals surface area contributed by atoms with Crippen molar-refractivity contribution in [1.29, 1.82) is 0 Å². The Balaban J connectivity index is 0.000000163. The molecule has 0 radical (unpaired) electrons. The summed E-state index contributed by atoms with van der Waals surface area (Å²) in [6, 6.07) is 91.8. The van der Waals surface area contributed by atoms with Crippen molar-refractivity contribution in [2.45, 2.75) is 0 Å². The van der Waals surface area contributed by atoms with Crippen LogP contribution < -0.4 is 41.9 Å². The first-order valence-electron chi connectivity index (χ1n) is 26.4. The van der Waals surface area contributed by atoms with Gasteiger partial charge in [-0.15, -0.1) is 22.7 Å². The van der Waals surface area contributed by atoms with Crippen molar-refractivity contribution >= 4 is 68.2 Å². The SMILES string of the molecule is [W].[W].c1ccc([N-]c2ccccc2[N-]/N=c2/cccc[n-]2)cc1.c1ccc([N-]c2ccccc2[N-]/N=c2/cccc[n-]2)cc1.c1ccc([N-]c2ccccc2[N-]/N=c2/cccc[n-]2)cc1.c1ccc([N-]c2ccccc2[N-]/N=c2/cccc[n-]2)cc1. The predicted molar refractivity (Wildman–Crippen MR) is 336 cm³/mol. The van der Waals surface area contributed by atoms with Gasteiger partial charge in [0.2, 0.25) is 0 Å². The summed E-state index contributed by atoms with van der Waals surface area (Å²) < 4.78 is 0. The van der Waals surface area contributed by atoms with Gasteiger partial charge in [-0.3, -0.25) is 0 Å². The molecule has 0 aliphatic carbocycles. The number of aromatic nitrogens is 4. The number of pyridine rings is 4. The Bertz CT molecular complexity index is 3530. The third-order valence-electron chi connectivity index (χ3n) is 11.2. The summed E-state index contributed by atoms with van der Waals surface area (Å²) in [5, 5.41) is 34.8. The molecule has 0 saturated carbocycles. The largest absolute Gasteiger partial charge is 0.691 e. The molecule has 0 fully saturated rings. The van der Waals surface area contributed by atoms with E-state index in [4.69, 9.17) is 0 Å². The van der Waals surface area contributed by atoms with Crippen LogP contribution in [-0.4, -0.2) is 0 Å². The number of rotatable bonds is 16. The summed E-state index contributed by atoms with van der Waals surface area (Å²) in [7, 11) is 0. The Morgan fingerprint density at radius 3 is 0.547 bits per heavy atom. The minimum atomic E-state index is 0. The van der Waals surface area contributed by atoms with Crippen LogP contribution in [0.3, 0.4) is 0 Å². The standard InChI is InChI=1S/4C17H13N4.2W/c4*1-2-8-14(9-3-1)19-15-10-4-5-11-16(15)20-21-17-12-6-7-13-18-17;;/h4*1-13H;;/q4*-3;;. The van der Waals surface area contributed by atoms with Gasteiger partial charge in [0.25, 0.3) is 0 Å². The van der Waals surface area contributed by atoms with Crippen molar-refractivity contribution in [3.8, 4) is 0 Å². The van der Waals surface area contributed by atoms with Crippen LogP contribution in [0.5, 0.6) is 0 Å². The molecule has 12 aromatic rings. The van der Waals surface area contributed by atoms with E-state index in [1.165, 1.54) is 0 Å². The van der Waals surface area contributed by atoms with Gasteiger partial charge in [0.05, 0.1) is 0 Å². The van der Waals surface area contributed by atoms with Crippen LogP contribution in [-0.2, 0) is 42.1 Å². The summed E-state index contributed by atoms with van der Waals surface area (Å²) in [5.74, 6) is 0. The molecule has 86 heavy (non-hydrogen) atoms. The molecule has 0 saturated heterocycles. The van der Waals surface area contributed by atoms with E-state index in [1.54, 1.807) is 49.1 Å². The number of hydrogen-bond acceptors (Lipinski definition) is 4. The van der Waals surface area contributed by atoms with E-state index in [0.717, 1.165) is 45.5 Å². The molecular weight excluding hydrogens is 1410 g/mol. The number of hydrogen-bond donors (Lipinski definition) is 0. The van der Waals surface area contributed by atoms with Gasteiger partial charge in [-0.1, -0.05) is 338 Å². The van der Waals surface area contributed by atoms with Gasteiger partial charge < -0.3 is 83.3 Å². The molecule has 0 amide bonds. The molecule has 0 atom stereocenters. The fraction of sp³-hybridized carbons (Fsp3) is 0. The van der Waals surface area contributed by atoms with Gasteiger partial charge in [0.15, 0.2) is 0 Å². The maximum absolute atomic E-state index is 4.58. The van der Waals surface area contributed by atoms with Crippen molar-refractivity contribution in [1.82, 2.24) is 19.9 Å². The van der Waals surface area contributed by atoms with Gasteiger partial charge in [-0.2, -0.15) is 45.5 Å². The van der Waals surface area contributed by atoms with Crippen LogP contribution >= 0.6 is 0 Å². The van der Waals surface area contributed by atoms with E-state index in [1.807, 2.05) is 267 Å². The van der Waals surface area contributed by atoms with Crippen molar-refractivity contribution < 1.29 is 42.1 Å². The van der Waals surface area contributed by atoms with E-state index in [0.29, 0.717) is 44.7 Å². The molecule has 12 rings (SSSR count). The predicted octanol–water partition coefficient (Wildman–Crippen LogP) is 18.0. The first kappa shape index (κ1) is 62.9. The smallest absolute Gasteiger partial charge is 0 e. The van der Waals surface area contributed by atoms with Crippen LogP contribution in [0.25, 0.3) is 43.0 Å². The van der Waals surface area contributed by atoms with E-state index in [9.17, 15) is 0 Å². The molecule has 0 bridgehead atoms. The zero-order valence-corrected chi connectivity index (χ0v) is 51.9. The molecule has 0 N–H and O–H groups in total. The fourth-order valence-electron chi connectivity index (χ4n) is 7.21. The Hall–Kier alpha value is -10.7. The number of benzene rings is 8. The molecule has 0 aliphatic rings. The zero-order chi connectivity index (χ0) is 57.3. The number of para-hydroxylation sites is 8. The average molecular weight is 1460 g/mol. The maximum Gasteiger partial charge on any atom is 0 e. The molecule has 0 spiro atoms. The van der Waals surface area contributed by atoms with Crippen LogP contribution in [0.4, 0.5) is 68.2 Å². The summed E-state index contributed by atoms with van der Waals surface area (Å²) in [4.78, 5) is 16.5. The van der Waals surface area contributed by atoms with E-state index >= 15 is 0 Å². The molecule has 18 heteroatoms. The minimum absolute atomic E-state index is 0. The topological polar surface area (TPSA) is 219 Å². The first-order valence-corrected chi connectivity index (χ1v) is 26.4. The van der Waals surface area contributed by atoms with Crippen molar-refractivity contribution in [3.63, 3.8) is 0 Å². The quantitative estimate of drug-likeness (QED) is 0.0862. The summed E-state index contributed by atoms with van der Waals surface area (Å²) in [5.41, 5.74) is 28.8. The van der Waals surface area contributed by atoms with E-state index in [2.05, 4.69) is 83.3 Å². The van der Waals surface area contributed by atoms with Gasteiger partial charge in [0.1, 0.15) is 0 Å². The summed E-state index contributed by atoms with van der Waals surface area (Å²) in [6.07, 6.45) is 6.76. The Kier molecular flexibility index (Phi) is 26.4. The fourth-order valence-corrected chi connectivity index (χ4v) is 7.21. The van der Waals surface area contributed by atoms with Gasteiger partial charge >= 0.3 is 0 Å². The van der Waals surface area contributed by atoms with Crippen LogP contribution in [0.15, 0.2) is 336 Å². The maximum atomic E-state index is 4.58. The molecule has 16 nitrogen and oxygen atoms in total. The van der Waals surface area contributed by atoms with Gasteiger partial charge in [-0.25, -0.2) is 0 Å². The molecule has 0 aliphatic heterocycles. The minimum Gasteiger partial charge on any atom is -0.691 e. The zero-order valence-electron chi connectivity index (χ0n) is 46.0. The van der Waals surface area contributed by atoms with Crippen molar-refractivity contribution in [2.24, 2.45) is 20.4 Å². The molecule has 8 aromatic carbocycles. The molecular formula is C68H52N16W2-12. The molecule has 4 aromatic heterocycles. The third-order valence-corrected chi connectivity index (χ3v) is 11.2. The second-order valence-corrected chi connectivity index (χ2v) is 17.3. The third kappa shape index (κ3) is 21.6. The molecule has 4 heterocycles. The van der Waals surface area contributed by atoms with Crippen molar-refractivity contribution in [2.75, 3.05) is 0 Å². The Morgan fingerprint density at radius 2 is 0.360 bits per heavy atom. The second-order valence-electron chi connectivity index (χ2n) is 17.3. The van der Waals surface area contributed by atoms with Gasteiger partial charge in [0, 0.05) is 42.1 Å².